The Kier molecular flexibility index (Phi) is 3.06. The Labute approximate surface area is 123 Å². The van der Waals surface area contributed by atoms with E-state index in [0.29, 0.717) is 12.0 Å². The van der Waals surface area contributed by atoms with Crippen molar-refractivity contribution in [3.05, 3.63) is 11.5 Å². The van der Waals surface area contributed by atoms with Crippen LogP contribution in [0.15, 0.2) is 0 Å². The molecule has 0 aromatic carbocycles. The van der Waals surface area contributed by atoms with Crippen LogP contribution >= 0.6 is 0 Å². The number of hydrogen-bond acceptors (Lipinski definition) is 5. The summed E-state index contributed by atoms with van der Waals surface area (Å²) in [6.45, 7) is 3.69. The number of ether oxygens (including phenoxy) is 1. The molecule has 1 N–H and O–H groups in total. The summed E-state index contributed by atoms with van der Waals surface area (Å²) in [6.07, 6.45) is 4.99. The average Bonchev–Trinajstić information content (AvgIpc) is 3.12. The van der Waals surface area contributed by atoms with Gasteiger partial charge >= 0.3 is 0 Å². The SMILES string of the molecule is Cc1nn(C)c2c(NC[C@@H]3CCCO3)nc(C3CC3)nc12. The van der Waals surface area contributed by atoms with Crippen molar-refractivity contribution >= 4 is 16.9 Å². The van der Waals surface area contributed by atoms with E-state index in [1.165, 1.54) is 12.8 Å². The van der Waals surface area contributed by atoms with E-state index in [2.05, 4.69) is 10.4 Å². The van der Waals surface area contributed by atoms with E-state index in [1.54, 1.807) is 0 Å². The zero-order valence-electron chi connectivity index (χ0n) is 12.6. The molecule has 1 aliphatic heterocycles. The molecular formula is C15H21N5O. The molecule has 0 unspecified atom stereocenters. The van der Waals surface area contributed by atoms with Crippen molar-refractivity contribution in [3.8, 4) is 0 Å². The van der Waals surface area contributed by atoms with E-state index in [9.17, 15) is 0 Å². The van der Waals surface area contributed by atoms with Crippen LogP contribution in [-0.2, 0) is 11.8 Å². The normalized spacial score (nSPS) is 22.1. The van der Waals surface area contributed by atoms with Gasteiger partial charge in [0.1, 0.15) is 16.9 Å². The van der Waals surface area contributed by atoms with Gasteiger partial charge in [-0.25, -0.2) is 9.97 Å². The number of nitrogens with zero attached hydrogens (tertiary/aromatic N) is 4. The summed E-state index contributed by atoms with van der Waals surface area (Å²) in [5.41, 5.74) is 2.94. The minimum absolute atomic E-state index is 0.300. The molecule has 112 valence electrons. The van der Waals surface area contributed by atoms with Gasteiger partial charge in [0.2, 0.25) is 0 Å². The van der Waals surface area contributed by atoms with E-state index >= 15 is 0 Å². The van der Waals surface area contributed by atoms with Gasteiger partial charge in [-0.1, -0.05) is 0 Å². The molecule has 0 bridgehead atoms. The number of anilines is 1. The molecule has 0 amide bonds. The van der Waals surface area contributed by atoms with Crippen molar-refractivity contribution in [2.75, 3.05) is 18.5 Å². The number of rotatable bonds is 4. The molecule has 3 heterocycles. The molecule has 2 aromatic rings. The third kappa shape index (κ3) is 2.37. The smallest absolute Gasteiger partial charge is 0.156 e. The maximum Gasteiger partial charge on any atom is 0.156 e. The van der Waals surface area contributed by atoms with E-state index in [0.717, 1.165) is 54.4 Å². The van der Waals surface area contributed by atoms with Gasteiger partial charge in [-0.3, -0.25) is 4.68 Å². The molecule has 4 rings (SSSR count). The van der Waals surface area contributed by atoms with Crippen molar-refractivity contribution in [2.45, 2.75) is 44.6 Å². The van der Waals surface area contributed by atoms with Gasteiger partial charge in [0.25, 0.3) is 0 Å². The van der Waals surface area contributed by atoms with Crippen molar-refractivity contribution < 1.29 is 4.74 Å². The summed E-state index contributed by atoms with van der Waals surface area (Å²) < 4.78 is 7.56. The summed E-state index contributed by atoms with van der Waals surface area (Å²) >= 11 is 0. The molecule has 0 radical (unpaired) electrons. The van der Waals surface area contributed by atoms with Crippen LogP contribution in [0.4, 0.5) is 5.82 Å². The number of aryl methyl sites for hydroxylation is 2. The third-order valence-electron chi connectivity index (χ3n) is 4.33. The predicted octanol–water partition coefficient (Wildman–Crippen LogP) is 2.14. The molecule has 2 fully saturated rings. The quantitative estimate of drug-likeness (QED) is 0.933. The highest BCUT2D eigenvalue weighted by Gasteiger charge is 2.29. The van der Waals surface area contributed by atoms with Crippen LogP contribution in [0, 0.1) is 6.92 Å². The fourth-order valence-electron chi connectivity index (χ4n) is 3.02. The van der Waals surface area contributed by atoms with Gasteiger partial charge in [-0.05, 0) is 32.6 Å². The molecule has 21 heavy (non-hydrogen) atoms. The van der Waals surface area contributed by atoms with Crippen LogP contribution in [-0.4, -0.2) is 39.0 Å². The zero-order chi connectivity index (χ0) is 14.4. The minimum Gasteiger partial charge on any atom is -0.376 e. The summed E-state index contributed by atoms with van der Waals surface area (Å²) in [6, 6.07) is 0. The Morgan fingerprint density at radius 3 is 2.86 bits per heavy atom. The Hall–Kier alpha value is -1.69. The molecule has 1 atom stereocenters. The summed E-state index contributed by atoms with van der Waals surface area (Å²) in [4.78, 5) is 9.49. The van der Waals surface area contributed by atoms with Crippen LogP contribution in [0.1, 0.15) is 43.1 Å². The van der Waals surface area contributed by atoms with Gasteiger partial charge in [0.15, 0.2) is 5.82 Å². The van der Waals surface area contributed by atoms with Crippen LogP contribution in [0.2, 0.25) is 0 Å². The molecule has 2 aromatic heterocycles. The average molecular weight is 287 g/mol. The highest BCUT2D eigenvalue weighted by Crippen LogP contribution is 2.39. The lowest BCUT2D eigenvalue weighted by atomic mass is 10.2. The lowest BCUT2D eigenvalue weighted by molar-refractivity contribution is 0.120. The molecule has 1 saturated carbocycles. The molecule has 6 nitrogen and oxygen atoms in total. The Morgan fingerprint density at radius 2 is 2.14 bits per heavy atom. The fourth-order valence-corrected chi connectivity index (χ4v) is 3.02. The fraction of sp³-hybridized carbons (Fsp3) is 0.667. The van der Waals surface area contributed by atoms with Crippen LogP contribution < -0.4 is 5.32 Å². The molecule has 0 spiro atoms. The van der Waals surface area contributed by atoms with Crippen molar-refractivity contribution in [1.29, 1.82) is 0 Å². The number of aromatic nitrogens is 4. The lowest BCUT2D eigenvalue weighted by Crippen LogP contribution is -2.20. The first-order valence-corrected chi connectivity index (χ1v) is 7.79. The molecule has 1 aliphatic carbocycles. The van der Waals surface area contributed by atoms with Crippen molar-refractivity contribution in [1.82, 2.24) is 19.7 Å². The highest BCUT2D eigenvalue weighted by molar-refractivity contribution is 5.87. The Bertz CT molecular complexity index is 670. The predicted molar refractivity (Wildman–Crippen MR) is 80.5 cm³/mol. The topological polar surface area (TPSA) is 64.9 Å². The molecule has 2 aliphatic rings. The van der Waals surface area contributed by atoms with Gasteiger partial charge in [0, 0.05) is 26.1 Å². The monoisotopic (exact) mass is 287 g/mol. The highest BCUT2D eigenvalue weighted by atomic mass is 16.5. The zero-order valence-corrected chi connectivity index (χ0v) is 12.6. The van der Waals surface area contributed by atoms with Crippen LogP contribution in [0.5, 0.6) is 0 Å². The van der Waals surface area contributed by atoms with Gasteiger partial charge in [-0.15, -0.1) is 0 Å². The molecule has 6 heteroatoms. The summed E-state index contributed by atoms with van der Waals surface area (Å²) in [5.74, 6) is 2.41. The Balaban J connectivity index is 1.70. The second kappa shape index (κ2) is 4.94. The lowest BCUT2D eigenvalue weighted by Gasteiger charge is -2.13. The van der Waals surface area contributed by atoms with Gasteiger partial charge in [0.05, 0.1) is 11.8 Å². The largest absolute Gasteiger partial charge is 0.376 e. The minimum atomic E-state index is 0.300. The van der Waals surface area contributed by atoms with E-state index < -0.39 is 0 Å². The first-order chi connectivity index (χ1) is 10.2. The van der Waals surface area contributed by atoms with E-state index in [4.69, 9.17) is 14.7 Å². The van der Waals surface area contributed by atoms with Crippen molar-refractivity contribution in [2.24, 2.45) is 7.05 Å². The van der Waals surface area contributed by atoms with Crippen LogP contribution in [0.25, 0.3) is 11.0 Å². The third-order valence-corrected chi connectivity index (χ3v) is 4.33. The Morgan fingerprint density at radius 1 is 1.29 bits per heavy atom. The maximum atomic E-state index is 5.68. The number of fused-ring (bicyclic) bond motifs is 1. The molecular weight excluding hydrogens is 266 g/mol. The first kappa shape index (κ1) is 13.0. The number of nitrogens with one attached hydrogen (secondary N) is 1. The van der Waals surface area contributed by atoms with Crippen molar-refractivity contribution in [3.63, 3.8) is 0 Å². The summed E-state index contributed by atoms with van der Waals surface area (Å²) in [5, 5.41) is 7.96. The summed E-state index contributed by atoms with van der Waals surface area (Å²) in [7, 11) is 1.95. The second-order valence-electron chi connectivity index (χ2n) is 6.13. The van der Waals surface area contributed by atoms with Gasteiger partial charge in [-0.2, -0.15) is 5.10 Å². The van der Waals surface area contributed by atoms with E-state index in [1.807, 2.05) is 18.7 Å². The first-order valence-electron chi connectivity index (χ1n) is 7.79. The standard InChI is InChI=1S/C15H21N5O/c1-9-12-13(20(2)19-9)15(16-8-11-4-3-7-21-11)18-14(17-12)10-5-6-10/h10-11H,3-8H2,1-2H3,(H,16,17,18)/t11-/m0/s1. The molecule has 1 saturated heterocycles. The van der Waals surface area contributed by atoms with E-state index in [-0.39, 0.29) is 0 Å². The van der Waals surface area contributed by atoms with Crippen LogP contribution in [0.3, 0.4) is 0 Å². The maximum absolute atomic E-state index is 5.68. The second-order valence-corrected chi connectivity index (χ2v) is 6.13. The van der Waals surface area contributed by atoms with Gasteiger partial charge < -0.3 is 10.1 Å². The number of hydrogen-bond donors (Lipinski definition) is 1.